The van der Waals surface area contributed by atoms with Crippen molar-refractivity contribution in [1.82, 2.24) is 5.32 Å². The van der Waals surface area contributed by atoms with E-state index in [0.717, 1.165) is 17.7 Å². The first-order valence-electron chi connectivity index (χ1n) is 6.76. The van der Waals surface area contributed by atoms with Gasteiger partial charge in [0.1, 0.15) is 5.76 Å². The maximum absolute atomic E-state index is 12.0. The van der Waals surface area contributed by atoms with Crippen LogP contribution in [-0.2, 0) is 11.2 Å². The summed E-state index contributed by atoms with van der Waals surface area (Å²) in [6, 6.07) is 11.3. The van der Waals surface area contributed by atoms with Crippen molar-refractivity contribution in [3.05, 3.63) is 59.0 Å². The van der Waals surface area contributed by atoms with Crippen molar-refractivity contribution in [2.24, 2.45) is 0 Å². The van der Waals surface area contributed by atoms with E-state index in [0.29, 0.717) is 17.9 Å². The zero-order valence-electron chi connectivity index (χ0n) is 11.4. The van der Waals surface area contributed by atoms with Crippen molar-refractivity contribution >= 4 is 17.5 Å². The zero-order chi connectivity index (χ0) is 14.4. The second-order valence-electron chi connectivity index (χ2n) is 4.66. The monoisotopic (exact) mass is 291 g/mol. The fourth-order valence-electron chi connectivity index (χ4n) is 2.10. The molecule has 0 aliphatic heterocycles. The maximum Gasteiger partial charge on any atom is 0.220 e. The van der Waals surface area contributed by atoms with Gasteiger partial charge in [-0.25, -0.2) is 0 Å². The summed E-state index contributed by atoms with van der Waals surface area (Å²) in [4.78, 5) is 12.0. The lowest BCUT2D eigenvalue weighted by Gasteiger charge is -2.17. The molecule has 0 radical (unpaired) electrons. The molecule has 1 aromatic heterocycles. The largest absolute Gasteiger partial charge is 0.469 e. The van der Waals surface area contributed by atoms with Crippen molar-refractivity contribution in [3.8, 4) is 0 Å². The van der Waals surface area contributed by atoms with Crippen LogP contribution < -0.4 is 5.32 Å². The van der Waals surface area contributed by atoms with E-state index < -0.39 is 0 Å². The average molecular weight is 292 g/mol. The highest BCUT2D eigenvalue weighted by atomic mass is 35.5. The highest BCUT2D eigenvalue weighted by Crippen LogP contribution is 2.20. The number of benzene rings is 1. The number of furan rings is 1. The van der Waals surface area contributed by atoms with E-state index in [4.69, 9.17) is 16.0 Å². The molecule has 1 N–H and O–H groups in total. The van der Waals surface area contributed by atoms with Crippen LogP contribution in [0.4, 0.5) is 0 Å². The van der Waals surface area contributed by atoms with Crippen LogP contribution in [0.2, 0.25) is 5.02 Å². The van der Waals surface area contributed by atoms with Crippen molar-refractivity contribution in [2.75, 3.05) is 0 Å². The molecule has 0 spiro atoms. The predicted molar refractivity (Wildman–Crippen MR) is 79.7 cm³/mol. The lowest BCUT2D eigenvalue weighted by molar-refractivity contribution is -0.121. The molecule has 0 fully saturated rings. The summed E-state index contributed by atoms with van der Waals surface area (Å²) in [5, 5.41) is 3.72. The Kier molecular flexibility index (Phi) is 5.24. The number of rotatable bonds is 6. The van der Waals surface area contributed by atoms with Gasteiger partial charge in [0.25, 0.3) is 0 Å². The van der Waals surface area contributed by atoms with Crippen LogP contribution in [0.5, 0.6) is 0 Å². The SMILES string of the molecule is CCC(NC(=O)CCc1ccco1)c1cccc(Cl)c1. The van der Waals surface area contributed by atoms with E-state index in [-0.39, 0.29) is 11.9 Å². The van der Waals surface area contributed by atoms with Crippen LogP contribution in [0.25, 0.3) is 0 Å². The molecule has 2 aromatic rings. The molecule has 0 aliphatic rings. The quantitative estimate of drug-likeness (QED) is 0.869. The summed E-state index contributed by atoms with van der Waals surface area (Å²) in [7, 11) is 0. The molecular formula is C16H18ClNO2. The number of hydrogen-bond acceptors (Lipinski definition) is 2. The third-order valence-corrected chi connectivity index (χ3v) is 3.41. The van der Waals surface area contributed by atoms with E-state index in [1.165, 1.54) is 0 Å². The van der Waals surface area contributed by atoms with Crippen molar-refractivity contribution in [1.29, 1.82) is 0 Å². The van der Waals surface area contributed by atoms with Crippen LogP contribution in [0.3, 0.4) is 0 Å². The van der Waals surface area contributed by atoms with Crippen LogP contribution in [0.15, 0.2) is 47.1 Å². The van der Waals surface area contributed by atoms with Crippen LogP contribution in [-0.4, -0.2) is 5.91 Å². The molecule has 0 bridgehead atoms. The lowest BCUT2D eigenvalue weighted by Crippen LogP contribution is -2.28. The molecule has 1 aromatic carbocycles. The van der Waals surface area contributed by atoms with E-state index in [9.17, 15) is 4.79 Å². The van der Waals surface area contributed by atoms with Gasteiger partial charge < -0.3 is 9.73 Å². The Morgan fingerprint density at radius 2 is 2.20 bits per heavy atom. The van der Waals surface area contributed by atoms with Gasteiger partial charge in [0.15, 0.2) is 0 Å². The lowest BCUT2D eigenvalue weighted by atomic mass is 10.0. The maximum atomic E-state index is 12.0. The van der Waals surface area contributed by atoms with Crippen LogP contribution in [0, 0.1) is 0 Å². The molecule has 20 heavy (non-hydrogen) atoms. The molecule has 106 valence electrons. The van der Waals surface area contributed by atoms with Gasteiger partial charge in [0.2, 0.25) is 5.91 Å². The molecule has 0 saturated heterocycles. The number of nitrogens with one attached hydrogen (secondary N) is 1. The number of halogens is 1. The van der Waals surface area contributed by atoms with Gasteiger partial charge in [-0.15, -0.1) is 0 Å². The fourth-order valence-corrected chi connectivity index (χ4v) is 2.30. The Labute approximate surface area is 123 Å². The van der Waals surface area contributed by atoms with Crippen LogP contribution in [0.1, 0.15) is 37.1 Å². The summed E-state index contributed by atoms with van der Waals surface area (Å²) < 4.78 is 5.22. The highest BCUT2D eigenvalue weighted by molar-refractivity contribution is 6.30. The van der Waals surface area contributed by atoms with Gasteiger partial charge >= 0.3 is 0 Å². The fraction of sp³-hybridized carbons (Fsp3) is 0.312. The smallest absolute Gasteiger partial charge is 0.220 e. The number of carbonyl (C=O) groups is 1. The van der Waals surface area contributed by atoms with E-state index in [1.54, 1.807) is 6.26 Å². The third kappa shape index (κ3) is 4.14. The Morgan fingerprint density at radius 1 is 1.35 bits per heavy atom. The number of aryl methyl sites for hydroxylation is 1. The van der Waals surface area contributed by atoms with Gasteiger partial charge in [-0.1, -0.05) is 30.7 Å². The van der Waals surface area contributed by atoms with E-state index in [2.05, 4.69) is 5.32 Å². The van der Waals surface area contributed by atoms with Crippen molar-refractivity contribution in [2.45, 2.75) is 32.2 Å². The van der Waals surface area contributed by atoms with E-state index in [1.807, 2.05) is 43.3 Å². The average Bonchev–Trinajstić information content (AvgIpc) is 2.96. The third-order valence-electron chi connectivity index (χ3n) is 3.17. The topological polar surface area (TPSA) is 42.2 Å². The van der Waals surface area contributed by atoms with Gasteiger partial charge in [0, 0.05) is 17.9 Å². The second-order valence-corrected chi connectivity index (χ2v) is 5.10. The molecule has 1 heterocycles. The van der Waals surface area contributed by atoms with Gasteiger partial charge in [-0.05, 0) is 36.2 Å². The highest BCUT2D eigenvalue weighted by Gasteiger charge is 2.13. The van der Waals surface area contributed by atoms with Crippen molar-refractivity contribution < 1.29 is 9.21 Å². The standard InChI is InChI=1S/C16H18ClNO2/c1-2-15(12-5-3-6-13(17)11-12)18-16(19)9-8-14-7-4-10-20-14/h3-7,10-11,15H,2,8-9H2,1H3,(H,18,19). The predicted octanol–water partition coefficient (Wildman–Crippen LogP) is 4.13. The first-order chi connectivity index (χ1) is 9.69. The summed E-state index contributed by atoms with van der Waals surface area (Å²) in [6.07, 6.45) is 3.48. The molecule has 1 unspecified atom stereocenters. The Hall–Kier alpha value is -1.74. The van der Waals surface area contributed by atoms with Gasteiger partial charge in [-0.3, -0.25) is 4.79 Å². The normalized spacial score (nSPS) is 12.1. The molecule has 1 atom stereocenters. The molecule has 3 nitrogen and oxygen atoms in total. The minimum absolute atomic E-state index is 0.00204. The molecule has 0 saturated carbocycles. The minimum Gasteiger partial charge on any atom is -0.469 e. The molecular weight excluding hydrogens is 274 g/mol. The van der Waals surface area contributed by atoms with Gasteiger partial charge in [0.05, 0.1) is 12.3 Å². The zero-order valence-corrected chi connectivity index (χ0v) is 12.2. The Balaban J connectivity index is 1.91. The summed E-state index contributed by atoms with van der Waals surface area (Å²) in [6.45, 7) is 2.04. The van der Waals surface area contributed by atoms with Crippen LogP contribution >= 0.6 is 11.6 Å². The molecule has 2 rings (SSSR count). The molecule has 0 aliphatic carbocycles. The Bertz CT molecular complexity index is 551. The van der Waals surface area contributed by atoms with Crippen molar-refractivity contribution in [3.63, 3.8) is 0 Å². The van der Waals surface area contributed by atoms with E-state index >= 15 is 0 Å². The summed E-state index contributed by atoms with van der Waals surface area (Å²) >= 11 is 5.99. The van der Waals surface area contributed by atoms with Gasteiger partial charge in [-0.2, -0.15) is 0 Å². The summed E-state index contributed by atoms with van der Waals surface area (Å²) in [5.74, 6) is 0.851. The molecule has 4 heteroatoms. The first kappa shape index (κ1) is 14.7. The Morgan fingerprint density at radius 3 is 2.85 bits per heavy atom. The number of hydrogen-bond donors (Lipinski definition) is 1. The molecule has 1 amide bonds. The first-order valence-corrected chi connectivity index (χ1v) is 7.14. The number of amides is 1. The summed E-state index contributed by atoms with van der Waals surface area (Å²) in [5.41, 5.74) is 1.03. The minimum atomic E-state index is -0.00204. The number of carbonyl (C=O) groups excluding carboxylic acids is 1. The second kappa shape index (κ2) is 7.15.